The molecule has 1 aliphatic heterocycles. The van der Waals surface area contributed by atoms with Crippen molar-refractivity contribution in [2.45, 2.75) is 70.9 Å². The maximum atomic E-state index is 13.0. The molecule has 2 aliphatic rings. The molecule has 5 rings (SSSR count). The van der Waals surface area contributed by atoms with Crippen molar-refractivity contribution < 1.29 is 9.90 Å². The highest BCUT2D eigenvalue weighted by Crippen LogP contribution is 2.35. The lowest BCUT2D eigenvalue weighted by atomic mass is 9.78. The molecule has 0 saturated heterocycles. The standard InChI is InChI=1S/C28H35N3O2S/c1-28(2,33)27-30-24-18-31(16-13-26(24)34-27)15-12-19-8-10-20(11-9-19)17-25(32)22-5-3-7-23-21(22)6-4-14-29-23/h3-7,14,19-20,33H,8-13,15-18H2,1-2H3. The Hall–Kier alpha value is -2.15. The Labute approximate surface area is 206 Å². The summed E-state index contributed by atoms with van der Waals surface area (Å²) in [5.41, 5.74) is 2.04. The molecular weight excluding hydrogens is 442 g/mol. The fourth-order valence-electron chi connectivity index (χ4n) is 5.51. The third-order valence-corrected chi connectivity index (χ3v) is 9.04. The number of aromatic nitrogens is 2. The zero-order valence-corrected chi connectivity index (χ0v) is 21.1. The van der Waals surface area contributed by atoms with Gasteiger partial charge in [-0.05, 0) is 70.0 Å². The highest BCUT2D eigenvalue weighted by Gasteiger charge is 2.28. The lowest BCUT2D eigenvalue weighted by molar-refractivity contribution is 0.0779. The molecule has 34 heavy (non-hydrogen) atoms. The minimum atomic E-state index is -0.850. The first-order valence-corrected chi connectivity index (χ1v) is 13.5. The maximum absolute atomic E-state index is 13.0. The fraction of sp³-hybridized carbons (Fsp3) is 0.536. The van der Waals surface area contributed by atoms with Crippen molar-refractivity contribution in [2.75, 3.05) is 13.1 Å². The predicted molar refractivity (Wildman–Crippen MR) is 137 cm³/mol. The van der Waals surface area contributed by atoms with Crippen LogP contribution >= 0.6 is 11.3 Å². The smallest absolute Gasteiger partial charge is 0.163 e. The van der Waals surface area contributed by atoms with E-state index in [1.807, 2.05) is 44.2 Å². The Morgan fingerprint density at radius 3 is 2.74 bits per heavy atom. The second kappa shape index (κ2) is 9.84. The van der Waals surface area contributed by atoms with E-state index in [1.54, 1.807) is 17.5 Å². The lowest BCUT2D eigenvalue weighted by Gasteiger charge is -2.31. The molecule has 1 fully saturated rings. The van der Waals surface area contributed by atoms with E-state index in [0.29, 0.717) is 12.3 Å². The first-order chi connectivity index (χ1) is 16.4. The summed E-state index contributed by atoms with van der Waals surface area (Å²) in [4.78, 5) is 26.1. The zero-order chi connectivity index (χ0) is 23.7. The van der Waals surface area contributed by atoms with Crippen molar-refractivity contribution in [3.05, 3.63) is 57.7 Å². The molecule has 2 aromatic heterocycles. The number of carbonyl (C=O) groups is 1. The van der Waals surface area contributed by atoms with Crippen LogP contribution < -0.4 is 0 Å². The largest absolute Gasteiger partial charge is 0.383 e. The summed E-state index contributed by atoms with van der Waals surface area (Å²) in [6.07, 6.45) is 9.49. The van der Waals surface area contributed by atoms with Gasteiger partial charge in [0.25, 0.3) is 0 Å². The number of aliphatic hydroxyl groups is 1. The van der Waals surface area contributed by atoms with Gasteiger partial charge in [-0.3, -0.25) is 14.7 Å². The average molecular weight is 478 g/mol. The van der Waals surface area contributed by atoms with Gasteiger partial charge in [-0.2, -0.15) is 0 Å². The minimum absolute atomic E-state index is 0.264. The summed E-state index contributed by atoms with van der Waals surface area (Å²) in [7, 11) is 0. The number of Topliss-reactive ketones (excluding diaryl/α,β-unsaturated/α-hetero) is 1. The normalized spacial score (nSPS) is 21.5. The molecule has 1 saturated carbocycles. The van der Waals surface area contributed by atoms with Gasteiger partial charge in [0.05, 0.1) is 11.2 Å². The minimum Gasteiger partial charge on any atom is -0.383 e. The maximum Gasteiger partial charge on any atom is 0.163 e. The molecule has 0 amide bonds. The number of benzene rings is 1. The predicted octanol–water partition coefficient (Wildman–Crippen LogP) is 5.75. The highest BCUT2D eigenvalue weighted by atomic mass is 32.1. The van der Waals surface area contributed by atoms with E-state index in [4.69, 9.17) is 4.98 Å². The van der Waals surface area contributed by atoms with Crippen LogP contribution in [-0.2, 0) is 18.6 Å². The molecule has 0 unspecified atom stereocenters. The Bertz CT molecular complexity index is 1150. The quantitative estimate of drug-likeness (QED) is 0.439. The van der Waals surface area contributed by atoms with E-state index in [-0.39, 0.29) is 5.78 Å². The lowest BCUT2D eigenvalue weighted by Crippen LogP contribution is -2.32. The summed E-state index contributed by atoms with van der Waals surface area (Å²) in [5, 5.41) is 12.1. The van der Waals surface area contributed by atoms with Crippen LogP contribution in [0.3, 0.4) is 0 Å². The third kappa shape index (κ3) is 5.24. The molecule has 0 radical (unpaired) electrons. The summed E-state index contributed by atoms with van der Waals surface area (Å²) in [6, 6.07) is 9.79. The van der Waals surface area contributed by atoms with Gasteiger partial charge in [0.1, 0.15) is 10.6 Å². The number of carbonyl (C=O) groups excluding carboxylic acids is 1. The van der Waals surface area contributed by atoms with Crippen molar-refractivity contribution in [3.63, 3.8) is 0 Å². The fourth-order valence-corrected chi connectivity index (χ4v) is 6.57. The highest BCUT2D eigenvalue weighted by molar-refractivity contribution is 7.11. The van der Waals surface area contributed by atoms with Crippen LogP contribution in [0.5, 0.6) is 0 Å². The van der Waals surface area contributed by atoms with Gasteiger partial charge in [-0.25, -0.2) is 4.98 Å². The Morgan fingerprint density at radius 1 is 1.15 bits per heavy atom. The van der Waals surface area contributed by atoms with Gasteiger partial charge in [0.2, 0.25) is 0 Å². The molecule has 0 spiro atoms. The molecule has 3 heterocycles. The number of ketones is 1. The number of nitrogens with zero attached hydrogens (tertiary/aromatic N) is 3. The van der Waals surface area contributed by atoms with Crippen LogP contribution in [0.2, 0.25) is 0 Å². The Kier molecular flexibility index (Phi) is 6.83. The van der Waals surface area contributed by atoms with Crippen molar-refractivity contribution in [3.8, 4) is 0 Å². The number of hydrogen-bond acceptors (Lipinski definition) is 6. The number of thiazole rings is 1. The molecule has 6 heteroatoms. The molecular formula is C28H35N3O2S. The van der Waals surface area contributed by atoms with Gasteiger partial charge in [0, 0.05) is 41.5 Å². The van der Waals surface area contributed by atoms with Crippen LogP contribution in [-0.4, -0.2) is 38.8 Å². The summed E-state index contributed by atoms with van der Waals surface area (Å²) in [6.45, 7) is 6.75. The Morgan fingerprint density at radius 2 is 1.94 bits per heavy atom. The zero-order valence-electron chi connectivity index (χ0n) is 20.3. The monoisotopic (exact) mass is 477 g/mol. The summed E-state index contributed by atoms with van der Waals surface area (Å²) in [5.74, 6) is 1.53. The second-order valence-electron chi connectivity index (χ2n) is 10.7. The molecule has 5 nitrogen and oxygen atoms in total. The van der Waals surface area contributed by atoms with Gasteiger partial charge >= 0.3 is 0 Å². The van der Waals surface area contributed by atoms with Crippen LogP contribution in [0.25, 0.3) is 10.9 Å². The number of hydrogen-bond donors (Lipinski definition) is 1. The van der Waals surface area contributed by atoms with Crippen molar-refractivity contribution in [1.29, 1.82) is 0 Å². The van der Waals surface area contributed by atoms with Crippen LogP contribution in [0.4, 0.5) is 0 Å². The molecule has 1 N–H and O–H groups in total. The van der Waals surface area contributed by atoms with Crippen molar-refractivity contribution in [2.24, 2.45) is 11.8 Å². The molecule has 0 atom stereocenters. The number of fused-ring (bicyclic) bond motifs is 2. The van der Waals surface area contributed by atoms with Crippen LogP contribution in [0.1, 0.15) is 78.3 Å². The molecule has 1 aliphatic carbocycles. The van der Waals surface area contributed by atoms with E-state index in [9.17, 15) is 9.90 Å². The van der Waals surface area contributed by atoms with E-state index >= 15 is 0 Å². The second-order valence-corrected chi connectivity index (χ2v) is 11.7. The number of pyridine rings is 1. The molecule has 0 bridgehead atoms. The average Bonchev–Trinajstić information content (AvgIpc) is 3.27. The molecule has 1 aromatic carbocycles. The van der Waals surface area contributed by atoms with E-state index in [0.717, 1.165) is 66.3 Å². The van der Waals surface area contributed by atoms with Crippen LogP contribution in [0, 0.1) is 11.8 Å². The van der Waals surface area contributed by atoms with E-state index in [2.05, 4.69) is 9.88 Å². The van der Waals surface area contributed by atoms with E-state index < -0.39 is 5.60 Å². The van der Waals surface area contributed by atoms with Gasteiger partial charge in [0.15, 0.2) is 5.78 Å². The third-order valence-electron chi connectivity index (χ3n) is 7.57. The first kappa shape index (κ1) is 23.6. The van der Waals surface area contributed by atoms with Crippen LogP contribution in [0.15, 0.2) is 36.5 Å². The first-order valence-electron chi connectivity index (χ1n) is 12.7. The van der Waals surface area contributed by atoms with Crippen molar-refractivity contribution in [1.82, 2.24) is 14.9 Å². The molecule has 3 aromatic rings. The topological polar surface area (TPSA) is 66.3 Å². The molecule has 180 valence electrons. The SMILES string of the molecule is CC(C)(O)c1nc2c(s1)CCN(CCC1CCC(CC(=O)c3cccc4ncccc34)CC1)C2. The van der Waals surface area contributed by atoms with Crippen molar-refractivity contribution >= 4 is 28.0 Å². The number of rotatable bonds is 7. The van der Waals surface area contributed by atoms with Gasteiger partial charge in [-0.15, -0.1) is 11.3 Å². The summed E-state index contributed by atoms with van der Waals surface area (Å²) >= 11 is 1.68. The summed E-state index contributed by atoms with van der Waals surface area (Å²) < 4.78 is 0. The Balaban J connectivity index is 1.09. The van der Waals surface area contributed by atoms with E-state index in [1.165, 1.54) is 29.8 Å². The van der Waals surface area contributed by atoms with Gasteiger partial charge in [-0.1, -0.05) is 31.0 Å². The van der Waals surface area contributed by atoms with Gasteiger partial charge < -0.3 is 5.11 Å².